The Morgan fingerprint density at radius 3 is 3.06 bits per heavy atom. The molecule has 0 atom stereocenters. The molecule has 3 rings (SSSR count). The van der Waals surface area contributed by atoms with Crippen LogP contribution >= 0.6 is 23.1 Å². The number of oxazole rings is 1. The van der Waals surface area contributed by atoms with Crippen molar-refractivity contribution in [1.82, 2.24) is 9.97 Å². The van der Waals surface area contributed by atoms with Crippen molar-refractivity contribution < 1.29 is 4.42 Å². The van der Waals surface area contributed by atoms with Crippen LogP contribution in [0, 0.1) is 0 Å². The van der Waals surface area contributed by atoms with E-state index in [4.69, 9.17) is 10.2 Å². The molecule has 0 aliphatic carbocycles. The van der Waals surface area contributed by atoms with Gasteiger partial charge in [0.15, 0.2) is 0 Å². The van der Waals surface area contributed by atoms with Crippen LogP contribution in [0.2, 0.25) is 0 Å². The van der Waals surface area contributed by atoms with Crippen LogP contribution in [0.15, 0.2) is 44.6 Å². The Morgan fingerprint density at radius 1 is 1.31 bits per heavy atom. The smallest absolute Gasteiger partial charge is 0.260 e. The molecule has 3 aromatic rings. The van der Waals surface area contributed by atoms with Crippen LogP contribution < -0.4 is 5.73 Å². The monoisotopic (exact) mass is 249 g/mol. The summed E-state index contributed by atoms with van der Waals surface area (Å²) in [6.45, 7) is 0. The molecule has 6 heteroatoms. The molecule has 0 unspecified atom stereocenters. The maximum absolute atomic E-state index is 6.03. The first-order chi connectivity index (χ1) is 7.84. The molecule has 2 heterocycles. The first-order valence-electron chi connectivity index (χ1n) is 4.53. The number of aromatic nitrogens is 2. The zero-order chi connectivity index (χ0) is 11.0. The van der Waals surface area contributed by atoms with Gasteiger partial charge in [0.2, 0.25) is 0 Å². The van der Waals surface area contributed by atoms with Gasteiger partial charge in [-0.2, -0.15) is 0 Å². The quantitative estimate of drug-likeness (QED) is 0.707. The van der Waals surface area contributed by atoms with E-state index < -0.39 is 0 Å². The molecule has 0 bridgehead atoms. The number of nitrogens with two attached hydrogens (primary N) is 1. The zero-order valence-electron chi connectivity index (χ0n) is 8.08. The third kappa shape index (κ3) is 1.56. The molecule has 0 saturated carbocycles. The number of benzene rings is 1. The molecule has 0 aliphatic rings. The Labute approximate surface area is 99.5 Å². The van der Waals surface area contributed by atoms with Gasteiger partial charge in [-0.05, 0) is 23.9 Å². The Balaban J connectivity index is 2.07. The lowest BCUT2D eigenvalue weighted by Gasteiger charge is -2.02. The van der Waals surface area contributed by atoms with Crippen molar-refractivity contribution in [3.05, 3.63) is 30.1 Å². The maximum Gasteiger partial charge on any atom is 0.260 e. The predicted octanol–water partition coefficient (Wildman–Crippen LogP) is 3.02. The molecule has 1 aromatic carbocycles. The first kappa shape index (κ1) is 9.68. The maximum atomic E-state index is 6.03. The Kier molecular flexibility index (Phi) is 2.30. The molecule has 16 heavy (non-hydrogen) atoms. The highest BCUT2D eigenvalue weighted by Gasteiger charge is 2.09. The van der Waals surface area contributed by atoms with Crippen LogP contribution in [0.4, 0.5) is 5.69 Å². The minimum atomic E-state index is 0.585. The Hall–Kier alpha value is -1.53. The first-order valence-corrected chi connectivity index (χ1v) is 6.23. The molecule has 0 radical (unpaired) electrons. The average Bonchev–Trinajstić information content (AvgIpc) is 2.93. The van der Waals surface area contributed by atoms with E-state index in [2.05, 4.69) is 9.97 Å². The highest BCUT2D eigenvalue weighted by molar-refractivity contribution is 7.99. The second kappa shape index (κ2) is 3.80. The lowest BCUT2D eigenvalue weighted by Crippen LogP contribution is -1.89. The summed E-state index contributed by atoms with van der Waals surface area (Å²) in [5.41, 5.74) is 9.36. The molecule has 2 N–H and O–H groups in total. The molecule has 4 nitrogen and oxygen atoms in total. The van der Waals surface area contributed by atoms with Gasteiger partial charge in [0.1, 0.15) is 11.8 Å². The zero-order valence-corrected chi connectivity index (χ0v) is 9.72. The summed E-state index contributed by atoms with van der Waals surface area (Å²) in [5.74, 6) is 0. The van der Waals surface area contributed by atoms with Gasteiger partial charge in [0.25, 0.3) is 5.22 Å². The molecule has 0 fully saturated rings. The van der Waals surface area contributed by atoms with Crippen molar-refractivity contribution in [2.45, 2.75) is 10.1 Å². The normalized spacial score (nSPS) is 11.0. The number of rotatable bonds is 2. The number of anilines is 1. The molecule has 0 spiro atoms. The highest BCUT2D eigenvalue weighted by Crippen LogP contribution is 2.35. The van der Waals surface area contributed by atoms with Gasteiger partial charge in [-0.1, -0.05) is 0 Å². The van der Waals surface area contributed by atoms with Crippen molar-refractivity contribution in [2.24, 2.45) is 0 Å². The van der Waals surface area contributed by atoms with Crippen molar-refractivity contribution >= 4 is 39.0 Å². The molecule has 0 saturated heterocycles. The van der Waals surface area contributed by atoms with E-state index in [0.717, 1.165) is 15.1 Å². The standard InChI is InChI=1S/C10H7N3OS2/c11-8-6(16-10-12-3-4-14-10)1-2-7-9(8)13-5-15-7/h1-5H,11H2. The summed E-state index contributed by atoms with van der Waals surface area (Å²) in [4.78, 5) is 9.20. The fourth-order valence-electron chi connectivity index (χ4n) is 1.38. The van der Waals surface area contributed by atoms with Crippen molar-refractivity contribution in [2.75, 3.05) is 5.73 Å². The van der Waals surface area contributed by atoms with Crippen LogP contribution in [0.25, 0.3) is 10.2 Å². The summed E-state index contributed by atoms with van der Waals surface area (Å²) in [5, 5.41) is 0.585. The van der Waals surface area contributed by atoms with E-state index >= 15 is 0 Å². The van der Waals surface area contributed by atoms with Gasteiger partial charge in [0.05, 0.1) is 22.1 Å². The second-order valence-electron chi connectivity index (χ2n) is 3.08. The minimum absolute atomic E-state index is 0.585. The Bertz CT molecular complexity index is 618. The number of thiazole rings is 1. The van der Waals surface area contributed by atoms with E-state index in [1.807, 2.05) is 12.1 Å². The summed E-state index contributed by atoms with van der Waals surface area (Å²) in [7, 11) is 0. The van der Waals surface area contributed by atoms with Gasteiger partial charge >= 0.3 is 0 Å². The van der Waals surface area contributed by atoms with Gasteiger partial charge in [-0.3, -0.25) is 0 Å². The molecular formula is C10H7N3OS2. The van der Waals surface area contributed by atoms with E-state index in [0.29, 0.717) is 10.9 Å². The van der Waals surface area contributed by atoms with E-state index in [1.54, 1.807) is 29.3 Å². The molecule has 80 valence electrons. The van der Waals surface area contributed by atoms with E-state index in [1.165, 1.54) is 11.8 Å². The van der Waals surface area contributed by atoms with Gasteiger partial charge < -0.3 is 10.2 Å². The summed E-state index contributed by atoms with van der Waals surface area (Å²) < 4.78 is 6.26. The summed E-state index contributed by atoms with van der Waals surface area (Å²) in [6.07, 6.45) is 3.15. The molecule has 2 aromatic heterocycles. The summed E-state index contributed by atoms with van der Waals surface area (Å²) in [6, 6.07) is 3.97. The van der Waals surface area contributed by atoms with Crippen LogP contribution in [0.3, 0.4) is 0 Å². The number of fused-ring (bicyclic) bond motifs is 1. The van der Waals surface area contributed by atoms with Crippen LogP contribution in [0.1, 0.15) is 0 Å². The topological polar surface area (TPSA) is 64.9 Å². The van der Waals surface area contributed by atoms with E-state index in [-0.39, 0.29) is 0 Å². The number of hydrogen-bond donors (Lipinski definition) is 1. The largest absolute Gasteiger partial charge is 0.440 e. The highest BCUT2D eigenvalue weighted by atomic mass is 32.2. The number of nitrogens with zero attached hydrogens (tertiary/aromatic N) is 2. The van der Waals surface area contributed by atoms with E-state index in [9.17, 15) is 0 Å². The fourth-order valence-corrected chi connectivity index (χ4v) is 2.82. The predicted molar refractivity (Wildman–Crippen MR) is 64.7 cm³/mol. The second-order valence-corrected chi connectivity index (χ2v) is 4.96. The molecule has 0 aliphatic heterocycles. The van der Waals surface area contributed by atoms with Crippen LogP contribution in [-0.2, 0) is 0 Å². The molecule has 0 amide bonds. The van der Waals surface area contributed by atoms with Gasteiger partial charge in [-0.15, -0.1) is 11.3 Å². The lowest BCUT2D eigenvalue weighted by molar-refractivity contribution is 0.454. The fraction of sp³-hybridized carbons (Fsp3) is 0. The average molecular weight is 249 g/mol. The third-order valence-corrected chi connectivity index (χ3v) is 3.85. The number of nitrogen functional groups attached to an aromatic ring is 1. The minimum Gasteiger partial charge on any atom is -0.440 e. The van der Waals surface area contributed by atoms with Crippen molar-refractivity contribution in [3.63, 3.8) is 0 Å². The van der Waals surface area contributed by atoms with Crippen LogP contribution in [-0.4, -0.2) is 9.97 Å². The Morgan fingerprint density at radius 2 is 2.25 bits per heavy atom. The number of hydrogen-bond acceptors (Lipinski definition) is 6. The third-order valence-electron chi connectivity index (χ3n) is 2.11. The SMILES string of the molecule is Nc1c(Sc2ncco2)ccc2scnc12. The van der Waals surface area contributed by atoms with Crippen molar-refractivity contribution in [1.29, 1.82) is 0 Å². The summed E-state index contributed by atoms with van der Waals surface area (Å²) >= 11 is 2.98. The van der Waals surface area contributed by atoms with Gasteiger partial charge in [-0.25, -0.2) is 9.97 Å². The molecular weight excluding hydrogens is 242 g/mol. The van der Waals surface area contributed by atoms with Gasteiger partial charge in [0, 0.05) is 4.90 Å². The van der Waals surface area contributed by atoms with Crippen molar-refractivity contribution in [3.8, 4) is 0 Å². The van der Waals surface area contributed by atoms with Crippen LogP contribution in [0.5, 0.6) is 0 Å². The lowest BCUT2D eigenvalue weighted by atomic mass is 10.3.